The first-order valence-corrected chi connectivity index (χ1v) is 18.4. The average molecular weight is 551 g/mol. The lowest BCUT2D eigenvalue weighted by atomic mass is 9.91. The van der Waals surface area contributed by atoms with Crippen LogP contribution in [0.2, 0.25) is 0 Å². The van der Waals surface area contributed by atoms with Gasteiger partial charge in [0.1, 0.15) is 0 Å². The van der Waals surface area contributed by atoms with Crippen molar-refractivity contribution in [1.29, 1.82) is 0 Å². The van der Waals surface area contributed by atoms with Crippen molar-refractivity contribution >= 4 is 5.97 Å². The Hall–Kier alpha value is -0.530. The van der Waals surface area contributed by atoms with Gasteiger partial charge in [0.15, 0.2) is 0 Å². The summed E-state index contributed by atoms with van der Waals surface area (Å²) in [5, 5.41) is 9.33. The predicted octanol–water partition coefficient (Wildman–Crippen LogP) is 13.6. The molecule has 0 aromatic heterocycles. The van der Waals surface area contributed by atoms with Crippen LogP contribution >= 0.6 is 0 Å². The molecule has 0 aliphatic carbocycles. The van der Waals surface area contributed by atoms with Crippen molar-refractivity contribution in [3.8, 4) is 0 Å². The first-order chi connectivity index (χ1) is 19.2. The molecule has 0 fully saturated rings. The average Bonchev–Trinajstić information content (AvgIpc) is 2.92. The van der Waals surface area contributed by atoms with Crippen LogP contribution in [0.15, 0.2) is 0 Å². The van der Waals surface area contributed by atoms with Crippen molar-refractivity contribution in [3.63, 3.8) is 0 Å². The fourth-order valence-corrected chi connectivity index (χ4v) is 6.20. The molecule has 0 atom stereocenters. The Bertz CT molecular complexity index is 426. The van der Waals surface area contributed by atoms with Gasteiger partial charge in [0.2, 0.25) is 0 Å². The number of aliphatic carboxylic acids is 1. The molecule has 0 rings (SSSR count). The quantitative estimate of drug-likeness (QED) is 0.0809. The molecule has 0 spiro atoms. The molecule has 0 saturated heterocycles. The van der Waals surface area contributed by atoms with E-state index in [2.05, 4.69) is 13.8 Å². The summed E-state index contributed by atoms with van der Waals surface area (Å²) < 4.78 is 0. The van der Waals surface area contributed by atoms with E-state index in [0.29, 0.717) is 12.3 Å². The van der Waals surface area contributed by atoms with Crippen molar-refractivity contribution in [2.75, 3.05) is 0 Å². The lowest BCUT2D eigenvalue weighted by Gasteiger charge is -2.14. The van der Waals surface area contributed by atoms with E-state index in [9.17, 15) is 9.90 Å². The number of unbranched alkanes of at least 4 members (excludes halogenated alkanes) is 28. The topological polar surface area (TPSA) is 37.3 Å². The Morgan fingerprint density at radius 2 is 0.590 bits per heavy atom. The zero-order valence-corrected chi connectivity index (χ0v) is 27.3. The van der Waals surface area contributed by atoms with E-state index >= 15 is 0 Å². The normalized spacial score (nSPS) is 11.6. The molecule has 39 heavy (non-hydrogen) atoms. The van der Waals surface area contributed by atoms with Gasteiger partial charge in [-0.05, 0) is 18.8 Å². The number of carbonyl (C=O) groups is 1. The van der Waals surface area contributed by atoms with E-state index in [1.807, 2.05) is 0 Å². The number of hydrogen-bond donors (Lipinski definition) is 1. The Morgan fingerprint density at radius 1 is 0.385 bits per heavy atom. The fraction of sp³-hybridized carbons (Fsp3) is 0.973. The minimum Gasteiger partial charge on any atom is -0.481 e. The maximum Gasteiger partial charge on any atom is 0.303 e. The van der Waals surface area contributed by atoms with Crippen LogP contribution in [0.4, 0.5) is 0 Å². The summed E-state index contributed by atoms with van der Waals surface area (Å²) in [4.78, 5) is 11.3. The fourth-order valence-electron chi connectivity index (χ4n) is 6.20. The van der Waals surface area contributed by atoms with Crippen molar-refractivity contribution in [1.82, 2.24) is 0 Å². The van der Waals surface area contributed by atoms with Crippen LogP contribution < -0.4 is 0 Å². The summed E-state index contributed by atoms with van der Waals surface area (Å²) in [6.45, 7) is 4.58. The monoisotopic (exact) mass is 551 g/mol. The van der Waals surface area contributed by atoms with Crippen LogP contribution in [-0.4, -0.2) is 11.1 Å². The van der Waals surface area contributed by atoms with E-state index in [4.69, 9.17) is 0 Å². The maximum atomic E-state index is 11.3. The summed E-state index contributed by atoms with van der Waals surface area (Å²) in [7, 11) is 0. The van der Waals surface area contributed by atoms with Crippen molar-refractivity contribution in [3.05, 3.63) is 0 Å². The number of carboxylic acid groups (broad SMARTS) is 1. The van der Waals surface area contributed by atoms with E-state index in [0.717, 1.165) is 12.8 Å². The molecular weight excluding hydrogens is 476 g/mol. The number of carboxylic acids is 1. The third kappa shape index (κ3) is 33.6. The second-order valence-electron chi connectivity index (χ2n) is 12.9. The van der Waals surface area contributed by atoms with Gasteiger partial charge in [-0.15, -0.1) is 0 Å². The number of rotatable bonds is 34. The molecule has 0 aliphatic rings. The lowest BCUT2D eigenvalue weighted by molar-refractivity contribution is -0.138. The van der Waals surface area contributed by atoms with Gasteiger partial charge in [0, 0.05) is 6.42 Å². The highest BCUT2D eigenvalue weighted by Gasteiger charge is 2.12. The van der Waals surface area contributed by atoms with Crippen LogP contribution in [0.5, 0.6) is 0 Å². The van der Waals surface area contributed by atoms with Crippen molar-refractivity contribution in [2.24, 2.45) is 5.92 Å². The Morgan fingerprint density at radius 3 is 0.795 bits per heavy atom. The number of hydrogen-bond acceptors (Lipinski definition) is 1. The van der Waals surface area contributed by atoms with Gasteiger partial charge in [0.05, 0.1) is 0 Å². The Balaban J connectivity index is 3.48. The van der Waals surface area contributed by atoms with E-state index in [1.165, 1.54) is 193 Å². The standard InChI is InChI=1S/C37H74O2/c1-3-5-7-9-11-13-15-17-19-21-23-25-27-29-31-33-36(35-37(38)39)34-32-30-28-26-24-22-20-18-16-14-12-10-8-6-4-2/h36H,3-35H2,1-2H3,(H,38,39). The lowest BCUT2D eigenvalue weighted by Crippen LogP contribution is -2.08. The molecule has 234 valence electrons. The van der Waals surface area contributed by atoms with Crippen LogP contribution in [0.3, 0.4) is 0 Å². The SMILES string of the molecule is CCCCCCCCCCCCCCCCCC(CCCCCCCCCCCCCCCCC)CC(=O)O. The smallest absolute Gasteiger partial charge is 0.303 e. The summed E-state index contributed by atoms with van der Waals surface area (Å²) in [6.07, 6.45) is 44.4. The second-order valence-corrected chi connectivity index (χ2v) is 12.9. The highest BCUT2D eigenvalue weighted by molar-refractivity contribution is 5.66. The van der Waals surface area contributed by atoms with E-state index in [1.54, 1.807) is 0 Å². The van der Waals surface area contributed by atoms with Gasteiger partial charge in [0.25, 0.3) is 0 Å². The molecule has 0 bridgehead atoms. The minimum atomic E-state index is -0.595. The van der Waals surface area contributed by atoms with Crippen LogP contribution in [0.1, 0.15) is 226 Å². The van der Waals surface area contributed by atoms with Gasteiger partial charge in [-0.25, -0.2) is 0 Å². The molecular formula is C37H74O2. The maximum absolute atomic E-state index is 11.3. The predicted molar refractivity (Wildman–Crippen MR) is 175 cm³/mol. The molecule has 0 unspecified atom stereocenters. The third-order valence-corrected chi connectivity index (χ3v) is 8.90. The summed E-state index contributed by atoms with van der Waals surface area (Å²) in [5.41, 5.74) is 0. The van der Waals surface area contributed by atoms with E-state index in [-0.39, 0.29) is 0 Å². The molecule has 2 nitrogen and oxygen atoms in total. The first kappa shape index (κ1) is 38.5. The van der Waals surface area contributed by atoms with Gasteiger partial charge < -0.3 is 5.11 Å². The largest absolute Gasteiger partial charge is 0.481 e. The van der Waals surface area contributed by atoms with Crippen molar-refractivity contribution < 1.29 is 9.90 Å². The molecule has 0 saturated carbocycles. The zero-order chi connectivity index (χ0) is 28.5. The molecule has 0 aromatic carbocycles. The van der Waals surface area contributed by atoms with Crippen molar-refractivity contribution in [2.45, 2.75) is 226 Å². The second kappa shape index (κ2) is 33.7. The molecule has 1 N–H and O–H groups in total. The molecule has 0 heterocycles. The Kier molecular flexibility index (Phi) is 33.2. The highest BCUT2D eigenvalue weighted by Crippen LogP contribution is 2.23. The van der Waals surface area contributed by atoms with E-state index < -0.39 is 5.97 Å². The molecule has 0 radical (unpaired) electrons. The zero-order valence-electron chi connectivity index (χ0n) is 27.3. The van der Waals surface area contributed by atoms with Gasteiger partial charge in [-0.2, -0.15) is 0 Å². The van der Waals surface area contributed by atoms with Gasteiger partial charge >= 0.3 is 5.97 Å². The Labute approximate surface area is 247 Å². The first-order valence-electron chi connectivity index (χ1n) is 18.4. The van der Waals surface area contributed by atoms with Gasteiger partial charge in [-0.1, -0.05) is 206 Å². The highest BCUT2D eigenvalue weighted by atomic mass is 16.4. The molecule has 0 amide bonds. The van der Waals surface area contributed by atoms with Gasteiger partial charge in [-0.3, -0.25) is 4.79 Å². The van der Waals surface area contributed by atoms with Crippen LogP contribution in [-0.2, 0) is 4.79 Å². The third-order valence-electron chi connectivity index (χ3n) is 8.90. The minimum absolute atomic E-state index is 0.386. The summed E-state index contributed by atoms with van der Waals surface area (Å²) in [5.74, 6) is -0.187. The van der Waals surface area contributed by atoms with Crippen LogP contribution in [0.25, 0.3) is 0 Å². The molecule has 0 aliphatic heterocycles. The molecule has 0 aromatic rings. The van der Waals surface area contributed by atoms with Crippen LogP contribution in [0, 0.1) is 5.92 Å². The molecule has 2 heteroatoms. The summed E-state index contributed by atoms with van der Waals surface area (Å²) in [6, 6.07) is 0. The summed E-state index contributed by atoms with van der Waals surface area (Å²) >= 11 is 0.